The molecule has 192 valence electrons. The first-order valence-electron chi connectivity index (χ1n) is 11.9. The van der Waals surface area contributed by atoms with E-state index >= 15 is 0 Å². The molecule has 5 rings (SSSR count). The van der Waals surface area contributed by atoms with Gasteiger partial charge in [0.05, 0.1) is 57.8 Å². The van der Waals surface area contributed by atoms with Crippen LogP contribution >= 0.6 is 0 Å². The second-order valence-electron chi connectivity index (χ2n) is 9.55. The van der Waals surface area contributed by atoms with E-state index in [0.717, 1.165) is 16.9 Å². The van der Waals surface area contributed by atoms with Crippen molar-refractivity contribution in [2.24, 2.45) is 0 Å². The predicted octanol–water partition coefficient (Wildman–Crippen LogP) is 3.81. The van der Waals surface area contributed by atoms with Gasteiger partial charge in [-0.15, -0.1) is 0 Å². The monoisotopic (exact) mass is 512 g/mol. The molecule has 10 nitrogen and oxygen atoms in total. The number of aryl methyl sites for hydroxylation is 1. The molecule has 5 aromatic heterocycles. The Balaban J connectivity index is 1.53. The zero-order chi connectivity index (χ0) is 27.0. The van der Waals surface area contributed by atoms with E-state index in [1.54, 1.807) is 16.6 Å². The van der Waals surface area contributed by atoms with Crippen molar-refractivity contribution in [2.45, 2.75) is 32.5 Å². The van der Waals surface area contributed by atoms with Crippen molar-refractivity contribution >= 4 is 28.4 Å². The minimum atomic E-state index is -1.65. The average molecular weight is 513 g/mol. The lowest BCUT2D eigenvalue weighted by atomic mass is 10.0. The summed E-state index contributed by atoms with van der Waals surface area (Å²) in [5.74, 6) is -0.548. The van der Waals surface area contributed by atoms with Crippen LogP contribution in [0.3, 0.4) is 0 Å². The number of nitriles is 1. The van der Waals surface area contributed by atoms with Crippen molar-refractivity contribution in [1.82, 2.24) is 29.3 Å². The Bertz CT molecular complexity index is 1710. The van der Waals surface area contributed by atoms with Crippen LogP contribution < -0.4 is 10.6 Å². The van der Waals surface area contributed by atoms with Gasteiger partial charge in [-0.2, -0.15) is 10.4 Å². The number of hydrogen-bond acceptors (Lipinski definition) is 7. The van der Waals surface area contributed by atoms with Gasteiger partial charge in [-0.05, 0) is 51.1 Å². The van der Waals surface area contributed by atoms with Gasteiger partial charge in [0.15, 0.2) is 0 Å². The minimum Gasteiger partial charge on any atom is -0.387 e. The van der Waals surface area contributed by atoms with Gasteiger partial charge in [0.25, 0.3) is 5.91 Å². The Kier molecular flexibility index (Phi) is 6.26. The van der Waals surface area contributed by atoms with Crippen LogP contribution in [0.4, 0.5) is 15.8 Å². The van der Waals surface area contributed by atoms with Gasteiger partial charge in [-0.25, -0.2) is 13.9 Å². The molecule has 11 heteroatoms. The van der Waals surface area contributed by atoms with Crippen LogP contribution in [0.1, 0.15) is 35.5 Å². The van der Waals surface area contributed by atoms with Crippen LogP contribution in [0.25, 0.3) is 22.6 Å². The van der Waals surface area contributed by atoms with Gasteiger partial charge in [0.1, 0.15) is 17.9 Å². The molecular weight excluding hydrogens is 487 g/mol. The van der Waals surface area contributed by atoms with Gasteiger partial charge < -0.3 is 20.1 Å². The molecule has 0 aliphatic carbocycles. The zero-order valence-electron chi connectivity index (χ0n) is 21.0. The highest BCUT2D eigenvalue weighted by atomic mass is 19.1. The predicted molar refractivity (Wildman–Crippen MR) is 140 cm³/mol. The van der Waals surface area contributed by atoms with Crippen molar-refractivity contribution < 1.29 is 14.3 Å². The number of nitrogens with one attached hydrogen (secondary N) is 2. The number of rotatable bonds is 7. The maximum atomic E-state index is 14.3. The largest absolute Gasteiger partial charge is 0.387 e. The summed E-state index contributed by atoms with van der Waals surface area (Å²) in [5, 5.41) is 29.2. The van der Waals surface area contributed by atoms with E-state index in [0.29, 0.717) is 28.3 Å². The van der Waals surface area contributed by atoms with E-state index in [4.69, 9.17) is 5.26 Å². The first-order chi connectivity index (χ1) is 18.1. The molecule has 0 aliphatic rings. The summed E-state index contributed by atoms with van der Waals surface area (Å²) in [7, 11) is 0. The molecule has 0 fully saturated rings. The Morgan fingerprint density at radius 1 is 1.24 bits per heavy atom. The second kappa shape index (κ2) is 9.57. The molecule has 0 spiro atoms. The van der Waals surface area contributed by atoms with Crippen molar-refractivity contribution in [3.63, 3.8) is 0 Å². The van der Waals surface area contributed by atoms with E-state index in [-0.39, 0.29) is 12.1 Å². The summed E-state index contributed by atoms with van der Waals surface area (Å²) < 4.78 is 17.8. The molecule has 0 aromatic carbocycles. The first-order valence-corrected chi connectivity index (χ1v) is 11.9. The summed E-state index contributed by atoms with van der Waals surface area (Å²) in [4.78, 5) is 22.0. The number of aliphatic hydroxyl groups is 1. The molecule has 3 N–H and O–H groups in total. The molecule has 0 saturated carbocycles. The molecule has 1 unspecified atom stereocenters. The number of aromatic nitrogens is 5. The highest BCUT2D eigenvalue weighted by Gasteiger charge is 2.27. The van der Waals surface area contributed by atoms with E-state index < -0.39 is 17.7 Å². The van der Waals surface area contributed by atoms with E-state index in [9.17, 15) is 14.3 Å². The number of carbonyl (C=O) groups excluding carboxylic acids is 1. The maximum absolute atomic E-state index is 14.3. The number of alkyl halides is 1. The molecule has 38 heavy (non-hydrogen) atoms. The van der Waals surface area contributed by atoms with Crippen LogP contribution in [-0.4, -0.2) is 53.3 Å². The molecular formula is C27H25FN8O2. The number of nitrogens with zero attached hydrogens (tertiary/aromatic N) is 6. The summed E-state index contributed by atoms with van der Waals surface area (Å²) in [5.41, 5.74) is 3.65. The second-order valence-corrected chi connectivity index (χ2v) is 9.55. The summed E-state index contributed by atoms with van der Waals surface area (Å²) in [6, 6.07) is 12.8. The molecule has 0 bridgehead atoms. The molecule has 5 heterocycles. The number of carbonyl (C=O) groups is 1. The van der Waals surface area contributed by atoms with E-state index in [2.05, 4.69) is 31.8 Å². The molecule has 0 radical (unpaired) electrons. The molecule has 0 saturated heterocycles. The Hall–Kier alpha value is -4.82. The number of fused-ring (bicyclic) bond motifs is 2. The van der Waals surface area contributed by atoms with Gasteiger partial charge >= 0.3 is 0 Å². The van der Waals surface area contributed by atoms with Crippen LogP contribution in [0.5, 0.6) is 0 Å². The van der Waals surface area contributed by atoms with Crippen molar-refractivity contribution in [3.8, 4) is 17.5 Å². The van der Waals surface area contributed by atoms with Crippen molar-refractivity contribution in [1.29, 1.82) is 5.26 Å². The number of anilines is 2. The highest BCUT2D eigenvalue weighted by molar-refractivity contribution is 6.00. The minimum absolute atomic E-state index is 0.191. The fourth-order valence-corrected chi connectivity index (χ4v) is 4.00. The van der Waals surface area contributed by atoms with Crippen molar-refractivity contribution in [3.05, 3.63) is 78.0 Å². The fraction of sp³-hybridized carbons (Fsp3) is 0.222. The third-order valence-electron chi connectivity index (χ3n) is 6.11. The fourth-order valence-electron chi connectivity index (χ4n) is 4.00. The summed E-state index contributed by atoms with van der Waals surface area (Å²) >= 11 is 0. The number of halogens is 1. The quantitative estimate of drug-likeness (QED) is 0.302. The van der Waals surface area contributed by atoms with Gasteiger partial charge in [0.2, 0.25) is 0 Å². The lowest BCUT2D eigenvalue weighted by molar-refractivity contribution is -0.00177. The molecule has 5 aromatic rings. The number of pyridine rings is 2. The van der Waals surface area contributed by atoms with Gasteiger partial charge in [0, 0.05) is 30.3 Å². The lowest BCUT2D eigenvalue weighted by Gasteiger charge is -2.22. The first kappa shape index (κ1) is 24.9. The lowest BCUT2D eigenvalue weighted by Crippen LogP contribution is -2.42. The Morgan fingerprint density at radius 3 is 2.82 bits per heavy atom. The SMILES string of the molecule is Cc1cn2ccc(Nc3cc(-c4ccc5cc(C#N)cnn45)ncc3C(=O)NCC(F)C(C)(C)O)cc2n1. The maximum Gasteiger partial charge on any atom is 0.255 e. The Labute approximate surface area is 217 Å². The van der Waals surface area contributed by atoms with Gasteiger partial charge in [-0.1, -0.05) is 0 Å². The molecule has 1 atom stereocenters. The summed E-state index contributed by atoms with van der Waals surface area (Å²) in [6.07, 6.45) is 4.98. The van der Waals surface area contributed by atoms with Crippen LogP contribution in [0.15, 0.2) is 61.2 Å². The van der Waals surface area contributed by atoms with Crippen molar-refractivity contribution in [2.75, 3.05) is 11.9 Å². The number of amides is 1. The molecule has 1 amide bonds. The third kappa shape index (κ3) is 4.89. The smallest absolute Gasteiger partial charge is 0.255 e. The topological polar surface area (TPSA) is 133 Å². The third-order valence-corrected chi connectivity index (χ3v) is 6.11. The van der Waals surface area contributed by atoms with E-state index in [1.807, 2.05) is 48.0 Å². The average Bonchev–Trinajstić information content (AvgIpc) is 3.48. The number of imidazole rings is 1. The van der Waals surface area contributed by atoms with Crippen LogP contribution in [0, 0.1) is 18.3 Å². The van der Waals surface area contributed by atoms with Crippen LogP contribution in [0.2, 0.25) is 0 Å². The standard InChI is InChI=1S/C27H25FN8O2/c1-16-15-35-7-6-18(9-25(35)33-16)34-21-10-22(23-5-4-19-8-17(11-29)12-32-36(19)23)30-13-20(21)26(37)31-14-24(28)27(2,3)38/h4-10,12-13,15,24,38H,14H2,1-3H3,(H,30,34)(H,31,37). The normalized spacial score (nSPS) is 12.4. The highest BCUT2D eigenvalue weighted by Crippen LogP contribution is 2.28. The summed E-state index contributed by atoms with van der Waals surface area (Å²) in [6.45, 7) is 4.22. The Morgan fingerprint density at radius 2 is 2.05 bits per heavy atom. The van der Waals surface area contributed by atoms with Crippen LogP contribution in [-0.2, 0) is 0 Å². The zero-order valence-corrected chi connectivity index (χ0v) is 21.0. The number of hydrogen-bond donors (Lipinski definition) is 3. The molecule has 0 aliphatic heterocycles. The van der Waals surface area contributed by atoms with E-state index in [1.165, 1.54) is 26.2 Å². The van der Waals surface area contributed by atoms with Gasteiger partial charge in [-0.3, -0.25) is 9.78 Å².